The van der Waals surface area contributed by atoms with Gasteiger partial charge in [0.1, 0.15) is 5.82 Å². The molecule has 106 valence electrons. The van der Waals surface area contributed by atoms with Gasteiger partial charge in [-0.1, -0.05) is 30.7 Å². The van der Waals surface area contributed by atoms with Crippen molar-refractivity contribution in [1.29, 1.82) is 0 Å². The maximum absolute atomic E-state index is 13.4. The summed E-state index contributed by atoms with van der Waals surface area (Å²) < 4.78 is 13.4. The predicted octanol–water partition coefficient (Wildman–Crippen LogP) is 4.27. The molecule has 0 fully saturated rings. The van der Waals surface area contributed by atoms with E-state index in [1.165, 1.54) is 6.07 Å². The van der Waals surface area contributed by atoms with E-state index in [-0.39, 0.29) is 11.9 Å². The summed E-state index contributed by atoms with van der Waals surface area (Å²) >= 11 is 5.88. The molecule has 0 bridgehead atoms. The second-order valence-electron chi connectivity index (χ2n) is 4.80. The van der Waals surface area contributed by atoms with Gasteiger partial charge in [-0.25, -0.2) is 4.39 Å². The molecule has 0 aliphatic heterocycles. The van der Waals surface area contributed by atoms with Crippen LogP contribution in [0.15, 0.2) is 36.5 Å². The second kappa shape index (κ2) is 6.82. The smallest absolute Gasteiger partial charge is 0.126 e. The van der Waals surface area contributed by atoms with E-state index in [2.05, 4.69) is 17.2 Å². The zero-order valence-electron chi connectivity index (χ0n) is 11.7. The molecule has 2 aromatic rings. The lowest BCUT2D eigenvalue weighted by Crippen LogP contribution is -2.24. The summed E-state index contributed by atoms with van der Waals surface area (Å²) in [6, 6.07) is 8.83. The number of pyridine rings is 1. The number of hydrogen-bond donors (Lipinski definition) is 1. The van der Waals surface area contributed by atoms with Crippen molar-refractivity contribution in [3.05, 3.63) is 64.2 Å². The molecule has 0 aliphatic rings. The predicted molar refractivity (Wildman–Crippen MR) is 80.5 cm³/mol. The zero-order valence-corrected chi connectivity index (χ0v) is 12.4. The number of nitrogens with zero attached hydrogens (tertiary/aromatic N) is 1. The molecular formula is C16H18ClFN2. The van der Waals surface area contributed by atoms with E-state index in [1.807, 2.05) is 18.2 Å². The molecule has 1 atom stereocenters. The Kier molecular flexibility index (Phi) is 5.10. The monoisotopic (exact) mass is 292 g/mol. The number of nitrogens with one attached hydrogen (secondary N) is 1. The van der Waals surface area contributed by atoms with Crippen LogP contribution in [0.3, 0.4) is 0 Å². The number of halogens is 2. The third-order valence-corrected chi connectivity index (χ3v) is 3.38. The van der Waals surface area contributed by atoms with Gasteiger partial charge < -0.3 is 5.32 Å². The molecule has 1 heterocycles. The number of aryl methyl sites for hydroxylation is 1. The molecule has 0 spiro atoms. The van der Waals surface area contributed by atoms with Crippen molar-refractivity contribution >= 4 is 11.6 Å². The minimum absolute atomic E-state index is 0.0495. The summed E-state index contributed by atoms with van der Waals surface area (Å²) in [5.41, 5.74) is 2.53. The highest BCUT2D eigenvalue weighted by Gasteiger charge is 2.15. The van der Waals surface area contributed by atoms with Crippen molar-refractivity contribution in [3.63, 3.8) is 0 Å². The molecule has 2 nitrogen and oxygen atoms in total. The normalized spacial score (nSPS) is 12.4. The van der Waals surface area contributed by atoms with Gasteiger partial charge in [0.2, 0.25) is 0 Å². The SMILES string of the molecule is CCCNC(c1ccc(F)c(C)c1)c1ccc(Cl)cn1. The van der Waals surface area contributed by atoms with Crippen LogP contribution < -0.4 is 5.32 Å². The molecule has 20 heavy (non-hydrogen) atoms. The maximum atomic E-state index is 13.4. The summed E-state index contributed by atoms with van der Waals surface area (Å²) in [6.45, 7) is 4.74. The van der Waals surface area contributed by atoms with Gasteiger partial charge in [0, 0.05) is 6.20 Å². The topological polar surface area (TPSA) is 24.9 Å². The van der Waals surface area contributed by atoms with E-state index in [0.717, 1.165) is 24.2 Å². The zero-order chi connectivity index (χ0) is 14.5. The highest BCUT2D eigenvalue weighted by atomic mass is 35.5. The van der Waals surface area contributed by atoms with Crippen LogP contribution in [-0.4, -0.2) is 11.5 Å². The lowest BCUT2D eigenvalue weighted by Gasteiger charge is -2.19. The van der Waals surface area contributed by atoms with Crippen LogP contribution in [0.25, 0.3) is 0 Å². The fourth-order valence-corrected chi connectivity index (χ4v) is 2.20. The molecule has 0 aliphatic carbocycles. The Hall–Kier alpha value is -1.45. The number of hydrogen-bond acceptors (Lipinski definition) is 2. The average molecular weight is 293 g/mol. The summed E-state index contributed by atoms with van der Waals surface area (Å²) in [7, 11) is 0. The first-order chi connectivity index (χ1) is 9.61. The van der Waals surface area contributed by atoms with E-state index in [4.69, 9.17) is 11.6 Å². The van der Waals surface area contributed by atoms with E-state index in [9.17, 15) is 4.39 Å². The van der Waals surface area contributed by atoms with Gasteiger partial charge >= 0.3 is 0 Å². The van der Waals surface area contributed by atoms with Gasteiger partial charge in [-0.3, -0.25) is 4.98 Å². The van der Waals surface area contributed by atoms with Crippen LogP contribution in [0.4, 0.5) is 4.39 Å². The fraction of sp³-hybridized carbons (Fsp3) is 0.312. The van der Waals surface area contributed by atoms with Gasteiger partial charge in [0.05, 0.1) is 16.8 Å². The molecule has 0 radical (unpaired) electrons. The van der Waals surface area contributed by atoms with Gasteiger partial charge in [-0.05, 0) is 49.2 Å². The largest absolute Gasteiger partial charge is 0.305 e. The van der Waals surface area contributed by atoms with Crippen LogP contribution in [0.5, 0.6) is 0 Å². The third kappa shape index (κ3) is 3.56. The second-order valence-corrected chi connectivity index (χ2v) is 5.23. The van der Waals surface area contributed by atoms with Crippen molar-refractivity contribution in [1.82, 2.24) is 10.3 Å². The Morgan fingerprint density at radius 2 is 2.10 bits per heavy atom. The summed E-state index contributed by atoms with van der Waals surface area (Å²) in [5.74, 6) is -0.188. The molecule has 1 aromatic carbocycles. The molecular weight excluding hydrogens is 275 g/mol. The number of rotatable bonds is 5. The van der Waals surface area contributed by atoms with E-state index < -0.39 is 0 Å². The molecule has 0 saturated carbocycles. The number of aromatic nitrogens is 1. The van der Waals surface area contributed by atoms with E-state index in [0.29, 0.717) is 10.6 Å². The first-order valence-corrected chi connectivity index (χ1v) is 7.10. The fourth-order valence-electron chi connectivity index (χ4n) is 2.09. The van der Waals surface area contributed by atoms with Crippen LogP contribution in [-0.2, 0) is 0 Å². The first-order valence-electron chi connectivity index (χ1n) is 6.72. The molecule has 1 N–H and O–H groups in total. The van der Waals surface area contributed by atoms with Crippen molar-refractivity contribution in [2.24, 2.45) is 0 Å². The minimum Gasteiger partial charge on any atom is -0.305 e. The Labute approximate surface area is 124 Å². The van der Waals surface area contributed by atoms with E-state index >= 15 is 0 Å². The molecule has 0 amide bonds. The van der Waals surface area contributed by atoms with Gasteiger partial charge in [0.15, 0.2) is 0 Å². The Balaban J connectivity index is 2.35. The van der Waals surface area contributed by atoms with Crippen molar-refractivity contribution in [3.8, 4) is 0 Å². The lowest BCUT2D eigenvalue weighted by molar-refractivity contribution is 0.580. The Bertz CT molecular complexity index is 569. The third-order valence-electron chi connectivity index (χ3n) is 3.16. The van der Waals surface area contributed by atoms with Gasteiger partial charge in [0.25, 0.3) is 0 Å². The van der Waals surface area contributed by atoms with Crippen molar-refractivity contribution < 1.29 is 4.39 Å². The number of benzene rings is 1. The average Bonchev–Trinajstić information content (AvgIpc) is 2.45. The van der Waals surface area contributed by atoms with Crippen molar-refractivity contribution in [2.45, 2.75) is 26.3 Å². The summed E-state index contributed by atoms with van der Waals surface area (Å²) in [4.78, 5) is 4.37. The molecule has 1 unspecified atom stereocenters. The van der Waals surface area contributed by atoms with Gasteiger partial charge in [-0.15, -0.1) is 0 Å². The molecule has 2 rings (SSSR count). The van der Waals surface area contributed by atoms with Gasteiger partial charge in [-0.2, -0.15) is 0 Å². The first kappa shape index (κ1) is 14.9. The van der Waals surface area contributed by atoms with Crippen LogP contribution in [0, 0.1) is 12.7 Å². The minimum atomic E-state index is -0.188. The molecule has 1 aromatic heterocycles. The summed E-state index contributed by atoms with van der Waals surface area (Å²) in [5, 5.41) is 4.05. The summed E-state index contributed by atoms with van der Waals surface area (Å²) in [6.07, 6.45) is 2.65. The standard InChI is InChI=1S/C16H18ClFN2/c1-3-8-19-16(15-7-5-13(17)10-20-15)12-4-6-14(18)11(2)9-12/h4-7,9-10,16,19H,3,8H2,1-2H3. The van der Waals surface area contributed by atoms with Crippen LogP contribution in [0.1, 0.15) is 36.2 Å². The Morgan fingerprint density at radius 3 is 2.70 bits per heavy atom. The highest BCUT2D eigenvalue weighted by molar-refractivity contribution is 6.30. The Morgan fingerprint density at radius 1 is 1.30 bits per heavy atom. The van der Waals surface area contributed by atoms with Crippen LogP contribution in [0.2, 0.25) is 5.02 Å². The molecule has 4 heteroatoms. The van der Waals surface area contributed by atoms with Crippen LogP contribution >= 0.6 is 11.6 Å². The quantitative estimate of drug-likeness (QED) is 0.890. The van der Waals surface area contributed by atoms with Crippen molar-refractivity contribution in [2.75, 3.05) is 6.54 Å². The molecule has 0 saturated heterocycles. The maximum Gasteiger partial charge on any atom is 0.126 e. The van der Waals surface area contributed by atoms with E-state index in [1.54, 1.807) is 19.2 Å². The highest BCUT2D eigenvalue weighted by Crippen LogP contribution is 2.23. The lowest BCUT2D eigenvalue weighted by atomic mass is 10.0.